The quantitative estimate of drug-likeness (QED) is 0.0742. The molecule has 1 aliphatic carbocycles. The predicted molar refractivity (Wildman–Crippen MR) is 204 cm³/mol. The van der Waals surface area contributed by atoms with Crippen LogP contribution < -0.4 is 0 Å². The van der Waals surface area contributed by atoms with Gasteiger partial charge in [0.15, 0.2) is 0 Å². The van der Waals surface area contributed by atoms with Crippen LogP contribution in [0.1, 0.15) is 71.4 Å². The van der Waals surface area contributed by atoms with Crippen LogP contribution in [0.3, 0.4) is 0 Å². The lowest BCUT2D eigenvalue weighted by atomic mass is 9.86. The van der Waals surface area contributed by atoms with E-state index in [1.165, 1.54) is 14.2 Å². The van der Waals surface area contributed by atoms with Gasteiger partial charge in [-0.3, -0.25) is 0 Å². The second kappa shape index (κ2) is 16.3. The molecule has 1 aromatic carbocycles. The Labute approximate surface area is 304 Å². The first-order chi connectivity index (χ1) is 23.9. The Balaban J connectivity index is 1.61. The highest BCUT2D eigenvalue weighted by atomic mass is 32.1. The molecule has 6 nitrogen and oxygen atoms in total. The summed E-state index contributed by atoms with van der Waals surface area (Å²) in [6, 6.07) is 16.6. The van der Waals surface area contributed by atoms with Crippen LogP contribution in [0.25, 0.3) is 40.4 Å². The van der Waals surface area contributed by atoms with E-state index in [0.29, 0.717) is 39.3 Å². The third-order valence-electron chi connectivity index (χ3n) is 8.93. The Kier molecular flexibility index (Phi) is 11.9. The SMILES string of the molecule is CCCCOCC1(COCCCC)Cc2c(c(-c3ccc(-c4cccs4)s3)c(C(=O)OC)c(C(=O)OC)c2-c2ccc(-c3cccs3)s2)C1. The molecule has 0 saturated heterocycles. The van der Waals surface area contributed by atoms with Crippen LogP contribution in [-0.2, 0) is 31.8 Å². The zero-order chi connectivity index (χ0) is 34.4. The van der Waals surface area contributed by atoms with Gasteiger partial charge in [-0.1, -0.05) is 38.8 Å². The van der Waals surface area contributed by atoms with Crippen molar-refractivity contribution >= 4 is 57.3 Å². The highest BCUT2D eigenvalue weighted by molar-refractivity contribution is 7.24. The second-order valence-corrected chi connectivity index (χ2v) is 16.5. The molecule has 0 N–H and O–H groups in total. The summed E-state index contributed by atoms with van der Waals surface area (Å²) < 4.78 is 23.7. The van der Waals surface area contributed by atoms with E-state index in [0.717, 1.165) is 77.2 Å². The first-order valence-electron chi connectivity index (χ1n) is 16.8. The fourth-order valence-electron chi connectivity index (χ4n) is 6.58. The zero-order valence-electron chi connectivity index (χ0n) is 28.4. The normalized spacial score (nSPS) is 13.5. The molecule has 0 unspecified atom stereocenters. The van der Waals surface area contributed by atoms with E-state index in [1.54, 1.807) is 45.3 Å². The van der Waals surface area contributed by atoms with E-state index in [9.17, 15) is 9.59 Å². The molecule has 258 valence electrons. The van der Waals surface area contributed by atoms with Gasteiger partial charge in [0.1, 0.15) is 0 Å². The number of carbonyl (C=O) groups excluding carboxylic acids is 2. The number of benzene rings is 1. The average molecular weight is 735 g/mol. The molecule has 10 heteroatoms. The molecule has 0 spiro atoms. The minimum atomic E-state index is -0.559. The van der Waals surface area contributed by atoms with Crippen LogP contribution in [0.4, 0.5) is 0 Å². The second-order valence-electron chi connectivity index (χ2n) is 12.4. The molecule has 0 aliphatic heterocycles. The zero-order valence-corrected chi connectivity index (χ0v) is 31.7. The van der Waals surface area contributed by atoms with Crippen molar-refractivity contribution < 1.29 is 28.5 Å². The summed E-state index contributed by atoms with van der Waals surface area (Å²) in [5, 5.41) is 4.13. The Morgan fingerprint density at radius 2 is 1.06 bits per heavy atom. The fourth-order valence-corrected chi connectivity index (χ4v) is 10.4. The standard InChI is InChI=1S/C39H42O6S4/c1-5-7-17-44-23-39(24-45-18-8-6-2)21-25-26(22-39)34(32-16-14-30(49-32)28-12-10-20-47-28)36(38(41)43-4)35(37(40)42-3)33(25)31-15-13-29(48-31)27-11-9-19-46-27/h9-16,19-20H,5-8,17-18,21-24H2,1-4H3. The van der Waals surface area contributed by atoms with Gasteiger partial charge in [-0.2, -0.15) is 0 Å². The van der Waals surface area contributed by atoms with Crippen molar-refractivity contribution in [3.05, 3.63) is 81.5 Å². The van der Waals surface area contributed by atoms with Gasteiger partial charge in [0.05, 0.1) is 38.6 Å². The number of thiophene rings is 4. The maximum Gasteiger partial charge on any atom is 0.339 e. The van der Waals surface area contributed by atoms with Gasteiger partial charge in [0.2, 0.25) is 0 Å². The van der Waals surface area contributed by atoms with Crippen LogP contribution >= 0.6 is 45.3 Å². The molecule has 4 heterocycles. The summed E-state index contributed by atoms with van der Waals surface area (Å²) in [7, 11) is 2.75. The number of hydrogen-bond donors (Lipinski definition) is 0. The van der Waals surface area contributed by atoms with Crippen molar-refractivity contribution in [2.24, 2.45) is 5.41 Å². The summed E-state index contributed by atoms with van der Waals surface area (Å²) in [6.45, 7) is 6.71. The molecule has 1 aliphatic rings. The summed E-state index contributed by atoms with van der Waals surface area (Å²) >= 11 is 6.60. The van der Waals surface area contributed by atoms with Gasteiger partial charge in [0.25, 0.3) is 0 Å². The number of unbranched alkanes of at least 4 members (excludes halogenated alkanes) is 2. The molecule has 0 fully saturated rings. The summed E-state index contributed by atoms with van der Waals surface area (Å²) in [5.41, 5.74) is 3.72. The van der Waals surface area contributed by atoms with Crippen molar-refractivity contribution in [2.45, 2.75) is 52.4 Å². The molecule has 0 saturated carbocycles. The van der Waals surface area contributed by atoms with Crippen molar-refractivity contribution in [1.82, 2.24) is 0 Å². The number of rotatable bonds is 16. The molecular weight excluding hydrogens is 693 g/mol. The van der Waals surface area contributed by atoms with E-state index >= 15 is 0 Å². The number of fused-ring (bicyclic) bond motifs is 1. The molecule has 0 amide bonds. The monoisotopic (exact) mass is 734 g/mol. The molecule has 6 rings (SSSR count). The Morgan fingerprint density at radius 3 is 1.43 bits per heavy atom. The smallest absolute Gasteiger partial charge is 0.339 e. The van der Waals surface area contributed by atoms with Crippen molar-refractivity contribution in [1.29, 1.82) is 0 Å². The average Bonchev–Trinajstić information content (AvgIpc) is 3.95. The molecule has 4 aromatic heterocycles. The number of ether oxygens (including phenoxy) is 4. The van der Waals surface area contributed by atoms with Gasteiger partial charge in [0, 0.05) is 59.0 Å². The Bertz CT molecular complexity index is 1730. The summed E-state index contributed by atoms with van der Waals surface area (Å²) in [6.07, 6.45) is 5.35. The number of hydrogen-bond acceptors (Lipinski definition) is 10. The first-order valence-corrected chi connectivity index (χ1v) is 20.1. The van der Waals surface area contributed by atoms with Crippen LogP contribution in [0.2, 0.25) is 0 Å². The molecule has 0 bridgehead atoms. The number of methoxy groups -OCH3 is 2. The minimum Gasteiger partial charge on any atom is -0.465 e. The Hall–Kier alpha value is -3.12. The van der Waals surface area contributed by atoms with Crippen LogP contribution in [0.15, 0.2) is 59.3 Å². The molecule has 0 radical (unpaired) electrons. The lowest BCUT2D eigenvalue weighted by Crippen LogP contribution is -2.34. The first kappa shape index (κ1) is 35.7. The third-order valence-corrected chi connectivity index (χ3v) is 13.3. The lowest BCUT2D eigenvalue weighted by Gasteiger charge is -2.29. The fraction of sp³-hybridized carbons (Fsp3) is 0.385. The number of carbonyl (C=O) groups is 2. The van der Waals surface area contributed by atoms with Gasteiger partial charge in [-0.25, -0.2) is 9.59 Å². The molecule has 0 atom stereocenters. The number of esters is 2. The van der Waals surface area contributed by atoms with E-state index in [1.807, 2.05) is 12.1 Å². The maximum atomic E-state index is 14.0. The topological polar surface area (TPSA) is 71.1 Å². The summed E-state index contributed by atoms with van der Waals surface area (Å²) in [4.78, 5) is 34.4. The van der Waals surface area contributed by atoms with Crippen LogP contribution in [0.5, 0.6) is 0 Å². The largest absolute Gasteiger partial charge is 0.465 e. The lowest BCUT2D eigenvalue weighted by molar-refractivity contribution is -0.0187. The van der Waals surface area contributed by atoms with Gasteiger partial charge >= 0.3 is 11.9 Å². The summed E-state index contributed by atoms with van der Waals surface area (Å²) in [5.74, 6) is -1.12. The molecule has 5 aromatic rings. The third kappa shape index (κ3) is 7.50. The van der Waals surface area contributed by atoms with E-state index in [-0.39, 0.29) is 16.5 Å². The van der Waals surface area contributed by atoms with Crippen molar-refractivity contribution in [3.63, 3.8) is 0 Å². The van der Waals surface area contributed by atoms with E-state index < -0.39 is 11.9 Å². The predicted octanol–water partition coefficient (Wildman–Crippen LogP) is 10.9. The maximum absolute atomic E-state index is 14.0. The Morgan fingerprint density at radius 1 is 0.633 bits per heavy atom. The van der Waals surface area contributed by atoms with E-state index in [2.05, 4.69) is 61.0 Å². The molecule has 49 heavy (non-hydrogen) atoms. The van der Waals surface area contributed by atoms with Crippen molar-refractivity contribution in [2.75, 3.05) is 40.6 Å². The van der Waals surface area contributed by atoms with E-state index in [4.69, 9.17) is 18.9 Å². The van der Waals surface area contributed by atoms with Gasteiger partial charge < -0.3 is 18.9 Å². The van der Waals surface area contributed by atoms with Gasteiger partial charge in [-0.15, -0.1) is 45.3 Å². The minimum absolute atomic E-state index is 0.253. The van der Waals surface area contributed by atoms with Gasteiger partial charge in [-0.05, 0) is 84.0 Å². The van der Waals surface area contributed by atoms with Crippen LogP contribution in [-0.4, -0.2) is 52.6 Å². The van der Waals surface area contributed by atoms with Crippen LogP contribution in [0, 0.1) is 5.41 Å². The highest BCUT2D eigenvalue weighted by Crippen LogP contribution is 2.53. The molecular formula is C39H42O6S4. The highest BCUT2D eigenvalue weighted by Gasteiger charge is 2.45. The van der Waals surface area contributed by atoms with Crippen molar-refractivity contribution in [3.8, 4) is 40.4 Å².